The fourth-order valence-corrected chi connectivity index (χ4v) is 4.37. The Morgan fingerprint density at radius 3 is 2.58 bits per heavy atom. The lowest BCUT2D eigenvalue weighted by Gasteiger charge is -2.32. The molecular formula is C24H25F2N3O2. The second kappa shape index (κ2) is 8.96. The summed E-state index contributed by atoms with van der Waals surface area (Å²) in [5.41, 5.74) is 1.26. The molecule has 1 aromatic carbocycles. The van der Waals surface area contributed by atoms with Gasteiger partial charge in [0.1, 0.15) is 11.6 Å². The summed E-state index contributed by atoms with van der Waals surface area (Å²) in [6.07, 6.45) is 7.67. The Labute approximate surface area is 180 Å². The van der Waals surface area contributed by atoms with E-state index in [9.17, 15) is 18.4 Å². The molecule has 0 radical (unpaired) electrons. The van der Waals surface area contributed by atoms with Gasteiger partial charge < -0.3 is 10.2 Å². The number of pyridine rings is 1. The predicted molar refractivity (Wildman–Crippen MR) is 113 cm³/mol. The largest absolute Gasteiger partial charge is 0.355 e. The van der Waals surface area contributed by atoms with Crippen molar-refractivity contribution in [1.82, 2.24) is 15.2 Å². The molecule has 2 heterocycles. The number of piperidine rings is 1. The Hall–Kier alpha value is -3.09. The summed E-state index contributed by atoms with van der Waals surface area (Å²) < 4.78 is 26.5. The number of benzene rings is 1. The summed E-state index contributed by atoms with van der Waals surface area (Å²) in [7, 11) is 0. The number of carbonyl (C=O) groups excluding carboxylic acids is 2. The summed E-state index contributed by atoms with van der Waals surface area (Å²) in [6.45, 7) is 1.73. The fraction of sp³-hybridized carbons (Fsp3) is 0.375. The van der Waals surface area contributed by atoms with Gasteiger partial charge in [-0.1, -0.05) is 6.07 Å². The van der Waals surface area contributed by atoms with E-state index in [1.165, 1.54) is 24.3 Å². The molecule has 2 aliphatic rings. The molecular weight excluding hydrogens is 400 g/mol. The normalized spacial score (nSPS) is 19.5. The Morgan fingerprint density at radius 1 is 1.16 bits per heavy atom. The van der Waals surface area contributed by atoms with Gasteiger partial charge in [0, 0.05) is 56.0 Å². The van der Waals surface area contributed by atoms with E-state index in [4.69, 9.17) is 0 Å². The first kappa shape index (κ1) is 21.2. The quantitative estimate of drug-likeness (QED) is 0.722. The van der Waals surface area contributed by atoms with Gasteiger partial charge in [0.15, 0.2) is 0 Å². The van der Waals surface area contributed by atoms with E-state index in [0.29, 0.717) is 31.6 Å². The van der Waals surface area contributed by atoms with E-state index in [-0.39, 0.29) is 23.1 Å². The number of nitrogens with one attached hydrogen (secondary N) is 1. The van der Waals surface area contributed by atoms with Crippen LogP contribution in [0.5, 0.6) is 0 Å². The Morgan fingerprint density at radius 2 is 1.90 bits per heavy atom. The topological polar surface area (TPSA) is 62.3 Å². The second-order valence-corrected chi connectivity index (χ2v) is 8.34. The van der Waals surface area contributed by atoms with Crippen molar-refractivity contribution in [3.63, 3.8) is 0 Å². The van der Waals surface area contributed by atoms with Gasteiger partial charge in [-0.15, -0.1) is 0 Å². The maximum absolute atomic E-state index is 13.3. The molecule has 2 fully saturated rings. The summed E-state index contributed by atoms with van der Waals surface area (Å²) in [5, 5.41) is 3.01. The minimum Gasteiger partial charge on any atom is -0.355 e. The minimum absolute atomic E-state index is 0.00125. The molecule has 1 aromatic heterocycles. The molecule has 2 aromatic rings. The third kappa shape index (κ3) is 5.16. The van der Waals surface area contributed by atoms with Crippen LogP contribution in [0.25, 0.3) is 6.08 Å². The zero-order chi connectivity index (χ0) is 21.8. The van der Waals surface area contributed by atoms with Crippen molar-refractivity contribution in [2.45, 2.75) is 25.7 Å². The number of aromatic nitrogens is 1. The van der Waals surface area contributed by atoms with E-state index in [2.05, 4.69) is 10.3 Å². The molecule has 1 atom stereocenters. The number of carbonyl (C=O) groups is 2. The number of likely N-dealkylation sites (tertiary alicyclic amines) is 1. The van der Waals surface area contributed by atoms with Crippen LogP contribution in [0.2, 0.25) is 0 Å². The van der Waals surface area contributed by atoms with E-state index in [1.54, 1.807) is 11.1 Å². The van der Waals surface area contributed by atoms with E-state index >= 15 is 0 Å². The number of halogens is 2. The number of amides is 2. The highest BCUT2D eigenvalue weighted by Gasteiger charge is 2.58. The summed E-state index contributed by atoms with van der Waals surface area (Å²) >= 11 is 0. The molecule has 1 saturated heterocycles. The predicted octanol–water partition coefficient (Wildman–Crippen LogP) is 3.36. The van der Waals surface area contributed by atoms with Crippen molar-refractivity contribution >= 4 is 17.9 Å². The maximum atomic E-state index is 13.3. The number of hydrogen-bond donors (Lipinski definition) is 1. The van der Waals surface area contributed by atoms with Gasteiger partial charge in [-0.3, -0.25) is 14.6 Å². The zero-order valence-corrected chi connectivity index (χ0v) is 17.2. The van der Waals surface area contributed by atoms with Gasteiger partial charge in [-0.25, -0.2) is 8.78 Å². The lowest BCUT2D eigenvalue weighted by Crippen LogP contribution is -2.40. The molecule has 4 rings (SSSR count). The lowest BCUT2D eigenvalue weighted by atomic mass is 9.90. The third-order valence-corrected chi connectivity index (χ3v) is 6.29. The van der Waals surface area contributed by atoms with Crippen molar-refractivity contribution in [2.75, 3.05) is 19.6 Å². The molecule has 1 spiro atoms. The van der Waals surface area contributed by atoms with Crippen LogP contribution in [0.1, 0.15) is 30.5 Å². The van der Waals surface area contributed by atoms with Crippen molar-refractivity contribution in [3.8, 4) is 0 Å². The number of hydrogen-bond acceptors (Lipinski definition) is 3. The Balaban J connectivity index is 1.22. The van der Waals surface area contributed by atoms with Crippen molar-refractivity contribution in [3.05, 3.63) is 71.6 Å². The monoisotopic (exact) mass is 425 g/mol. The molecule has 1 unspecified atom stereocenters. The Bertz CT molecular complexity index is 965. The summed E-state index contributed by atoms with van der Waals surface area (Å²) in [5.74, 6) is -1.44. The van der Waals surface area contributed by atoms with Crippen molar-refractivity contribution in [1.29, 1.82) is 0 Å². The van der Waals surface area contributed by atoms with Crippen LogP contribution in [-0.2, 0) is 16.0 Å². The number of nitrogens with zero attached hydrogens (tertiary/aromatic N) is 2. The van der Waals surface area contributed by atoms with Crippen LogP contribution >= 0.6 is 0 Å². The van der Waals surface area contributed by atoms with Crippen LogP contribution in [0.15, 0.2) is 48.7 Å². The van der Waals surface area contributed by atoms with Gasteiger partial charge in [-0.2, -0.15) is 0 Å². The molecule has 1 aliphatic heterocycles. The highest BCUT2D eigenvalue weighted by atomic mass is 19.1. The molecule has 162 valence electrons. The first-order valence-corrected chi connectivity index (χ1v) is 10.6. The van der Waals surface area contributed by atoms with E-state index in [0.717, 1.165) is 31.0 Å². The van der Waals surface area contributed by atoms with Crippen LogP contribution < -0.4 is 5.32 Å². The van der Waals surface area contributed by atoms with Gasteiger partial charge in [0.25, 0.3) is 0 Å². The highest BCUT2D eigenvalue weighted by molar-refractivity contribution is 5.92. The zero-order valence-electron chi connectivity index (χ0n) is 17.2. The molecule has 1 saturated carbocycles. The molecule has 1 aliphatic carbocycles. The SMILES string of the molecule is O=C(NCCc1ccccn1)C1CC12CCN(C(=O)/C=C/c1cc(F)cc(F)c1)CC2. The molecule has 2 amide bonds. The number of rotatable bonds is 6. The molecule has 1 N–H and O–H groups in total. The van der Waals surface area contributed by atoms with Crippen LogP contribution in [-0.4, -0.2) is 41.3 Å². The van der Waals surface area contributed by atoms with E-state index < -0.39 is 11.6 Å². The van der Waals surface area contributed by atoms with Gasteiger partial charge in [-0.05, 0) is 60.6 Å². The molecule has 7 heteroatoms. The fourth-order valence-electron chi connectivity index (χ4n) is 4.37. The maximum Gasteiger partial charge on any atom is 0.246 e. The standard InChI is InChI=1S/C24H25F2N3O2/c25-18-13-17(14-19(26)15-18)4-5-22(30)29-11-7-24(8-12-29)16-21(24)23(31)28-10-6-20-3-1-2-9-27-20/h1-5,9,13-15,21H,6-8,10-12,16H2,(H,28,31)/b5-4+. The van der Waals surface area contributed by atoms with Gasteiger partial charge in [0.05, 0.1) is 0 Å². The summed E-state index contributed by atoms with van der Waals surface area (Å²) in [6, 6.07) is 8.89. The van der Waals surface area contributed by atoms with Crippen LogP contribution in [0, 0.1) is 23.0 Å². The first-order valence-electron chi connectivity index (χ1n) is 10.6. The molecule has 31 heavy (non-hydrogen) atoms. The second-order valence-electron chi connectivity index (χ2n) is 8.34. The van der Waals surface area contributed by atoms with Crippen LogP contribution in [0.3, 0.4) is 0 Å². The smallest absolute Gasteiger partial charge is 0.246 e. The van der Waals surface area contributed by atoms with Gasteiger partial charge in [0.2, 0.25) is 11.8 Å². The van der Waals surface area contributed by atoms with Crippen LogP contribution in [0.4, 0.5) is 8.78 Å². The minimum atomic E-state index is -0.676. The highest BCUT2D eigenvalue weighted by Crippen LogP contribution is 2.59. The van der Waals surface area contributed by atoms with E-state index in [1.807, 2.05) is 18.2 Å². The van der Waals surface area contributed by atoms with Gasteiger partial charge >= 0.3 is 0 Å². The summed E-state index contributed by atoms with van der Waals surface area (Å²) in [4.78, 5) is 30.9. The van der Waals surface area contributed by atoms with Crippen molar-refractivity contribution in [2.24, 2.45) is 11.3 Å². The molecule has 5 nitrogen and oxygen atoms in total. The lowest BCUT2D eigenvalue weighted by molar-refractivity contribution is -0.127. The Kier molecular flexibility index (Phi) is 6.11. The van der Waals surface area contributed by atoms with Crippen molar-refractivity contribution < 1.29 is 18.4 Å². The first-order chi connectivity index (χ1) is 14.9. The third-order valence-electron chi connectivity index (χ3n) is 6.29. The average molecular weight is 425 g/mol. The average Bonchev–Trinajstić information content (AvgIpc) is 3.46. The molecule has 0 bridgehead atoms.